The van der Waals surface area contributed by atoms with Crippen LogP contribution < -0.4 is 11.3 Å². The molecule has 0 saturated carbocycles. The highest BCUT2D eigenvalue weighted by molar-refractivity contribution is 7.80. The van der Waals surface area contributed by atoms with E-state index in [-0.39, 0.29) is 5.56 Å². The molecule has 0 aliphatic rings. The molecule has 1 aromatic carbocycles. The summed E-state index contributed by atoms with van der Waals surface area (Å²) in [7, 11) is 0. The van der Waals surface area contributed by atoms with E-state index in [0.29, 0.717) is 10.6 Å². The molecule has 1 rings (SSSR count). The van der Waals surface area contributed by atoms with Gasteiger partial charge in [-0.25, -0.2) is 8.78 Å². The van der Waals surface area contributed by atoms with E-state index in [9.17, 15) is 8.78 Å². The lowest BCUT2D eigenvalue weighted by atomic mass is 10.2. The third-order valence-electron chi connectivity index (χ3n) is 1.43. The Morgan fingerprint density at radius 2 is 2.08 bits per heavy atom. The van der Waals surface area contributed by atoms with Gasteiger partial charge in [0.2, 0.25) is 0 Å². The molecule has 0 fully saturated rings. The number of rotatable bonds is 2. The fourth-order valence-electron chi connectivity index (χ4n) is 0.805. The maximum atomic E-state index is 12.1. The van der Waals surface area contributed by atoms with Crippen molar-refractivity contribution in [1.29, 1.82) is 0 Å². The Hall–Kier alpha value is -0.810. The number of thiol groups is 1. The van der Waals surface area contributed by atoms with Crippen LogP contribution in [0.4, 0.5) is 14.5 Å². The molecule has 0 aromatic heterocycles. The van der Waals surface area contributed by atoms with Crippen LogP contribution in [0.3, 0.4) is 0 Å². The lowest BCUT2D eigenvalue weighted by molar-refractivity contribution is 0.151. The molecular formula is C7H8F2N2S. The molecule has 0 bridgehead atoms. The van der Waals surface area contributed by atoms with Crippen LogP contribution in [0.15, 0.2) is 23.1 Å². The molecule has 1 aromatic rings. The molecule has 0 heterocycles. The third-order valence-corrected chi connectivity index (χ3v) is 1.82. The maximum Gasteiger partial charge on any atom is 0.263 e. The second kappa shape index (κ2) is 3.73. The topological polar surface area (TPSA) is 38.0 Å². The summed E-state index contributed by atoms with van der Waals surface area (Å²) in [5, 5.41) is 0. The highest BCUT2D eigenvalue weighted by atomic mass is 32.1. The van der Waals surface area contributed by atoms with Crippen molar-refractivity contribution in [2.24, 2.45) is 5.84 Å². The van der Waals surface area contributed by atoms with Gasteiger partial charge in [0.15, 0.2) is 0 Å². The summed E-state index contributed by atoms with van der Waals surface area (Å²) in [4.78, 5) is 0.543. The summed E-state index contributed by atoms with van der Waals surface area (Å²) in [5.41, 5.74) is 2.61. The minimum atomic E-state index is -2.48. The summed E-state index contributed by atoms with van der Waals surface area (Å²) in [5.74, 6) is 5.08. The van der Waals surface area contributed by atoms with Crippen molar-refractivity contribution in [2.45, 2.75) is 11.3 Å². The van der Waals surface area contributed by atoms with E-state index in [4.69, 9.17) is 5.84 Å². The monoisotopic (exact) mass is 190 g/mol. The molecule has 3 N–H and O–H groups in total. The smallest absolute Gasteiger partial charge is 0.263 e. The Balaban J connectivity index is 3.05. The van der Waals surface area contributed by atoms with Crippen molar-refractivity contribution in [3.63, 3.8) is 0 Å². The van der Waals surface area contributed by atoms with Gasteiger partial charge in [0.05, 0.1) is 5.69 Å². The van der Waals surface area contributed by atoms with Crippen molar-refractivity contribution in [2.75, 3.05) is 5.43 Å². The Kier molecular flexibility index (Phi) is 2.88. The lowest BCUT2D eigenvalue weighted by Gasteiger charge is -2.06. The predicted molar refractivity (Wildman–Crippen MR) is 46.5 cm³/mol. The number of nitrogen functional groups attached to an aromatic ring is 1. The summed E-state index contributed by atoms with van der Waals surface area (Å²) < 4.78 is 24.2. The van der Waals surface area contributed by atoms with Crippen LogP contribution in [0, 0.1) is 0 Å². The van der Waals surface area contributed by atoms with E-state index in [1.54, 1.807) is 0 Å². The number of hydrogen-bond donors (Lipinski definition) is 3. The first-order chi connectivity index (χ1) is 5.65. The van der Waals surface area contributed by atoms with Gasteiger partial charge in [-0.1, -0.05) is 6.07 Å². The minimum Gasteiger partial charge on any atom is -0.323 e. The number of hydrazine groups is 1. The fourth-order valence-corrected chi connectivity index (χ4v) is 1.01. The molecule has 5 heteroatoms. The molecule has 0 unspecified atom stereocenters. The normalized spacial score (nSPS) is 10.4. The van der Waals surface area contributed by atoms with E-state index in [2.05, 4.69) is 18.1 Å². The first kappa shape index (κ1) is 9.28. The minimum absolute atomic E-state index is 0.0687. The van der Waals surface area contributed by atoms with Gasteiger partial charge in [-0.15, -0.1) is 12.6 Å². The van der Waals surface area contributed by atoms with Crippen LogP contribution in [0.5, 0.6) is 0 Å². The third kappa shape index (κ3) is 1.86. The summed E-state index contributed by atoms with van der Waals surface area (Å²) in [6, 6.07) is 4.06. The van der Waals surface area contributed by atoms with Gasteiger partial charge < -0.3 is 5.43 Å². The number of nitrogens with two attached hydrogens (primary N) is 1. The summed E-state index contributed by atoms with van der Waals surface area (Å²) >= 11 is 4.01. The average molecular weight is 190 g/mol. The van der Waals surface area contributed by atoms with Crippen molar-refractivity contribution in [3.8, 4) is 0 Å². The van der Waals surface area contributed by atoms with Crippen LogP contribution in [-0.4, -0.2) is 0 Å². The van der Waals surface area contributed by atoms with Crippen LogP contribution in [0.2, 0.25) is 0 Å². The van der Waals surface area contributed by atoms with Gasteiger partial charge in [0, 0.05) is 10.5 Å². The first-order valence-electron chi connectivity index (χ1n) is 3.23. The Labute approximate surface area is 74.1 Å². The van der Waals surface area contributed by atoms with E-state index in [1.807, 2.05) is 0 Å². The Bertz CT molecular complexity index is 278. The van der Waals surface area contributed by atoms with E-state index >= 15 is 0 Å². The second-order valence-electron chi connectivity index (χ2n) is 2.22. The number of benzene rings is 1. The SMILES string of the molecule is NNc1cc(C(F)F)ccc1S. The average Bonchev–Trinajstić information content (AvgIpc) is 2.05. The van der Waals surface area contributed by atoms with Crippen molar-refractivity contribution in [1.82, 2.24) is 0 Å². The molecule has 0 spiro atoms. The van der Waals surface area contributed by atoms with E-state index in [1.165, 1.54) is 18.2 Å². The van der Waals surface area contributed by atoms with Gasteiger partial charge in [0.1, 0.15) is 0 Å². The Morgan fingerprint density at radius 3 is 2.58 bits per heavy atom. The predicted octanol–water partition coefficient (Wildman–Crippen LogP) is 2.20. The fraction of sp³-hybridized carbons (Fsp3) is 0.143. The lowest BCUT2D eigenvalue weighted by Crippen LogP contribution is -2.07. The zero-order valence-corrected chi connectivity index (χ0v) is 6.98. The molecule has 0 amide bonds. The molecule has 66 valence electrons. The maximum absolute atomic E-state index is 12.1. The quantitative estimate of drug-likeness (QED) is 0.380. The van der Waals surface area contributed by atoms with Crippen LogP contribution in [0.1, 0.15) is 12.0 Å². The number of hydrogen-bond acceptors (Lipinski definition) is 3. The van der Waals surface area contributed by atoms with Gasteiger partial charge >= 0.3 is 0 Å². The molecule has 0 saturated heterocycles. The number of anilines is 1. The molecular weight excluding hydrogens is 182 g/mol. The number of alkyl halides is 2. The zero-order chi connectivity index (χ0) is 9.14. The summed E-state index contributed by atoms with van der Waals surface area (Å²) in [6.45, 7) is 0. The summed E-state index contributed by atoms with van der Waals surface area (Å²) in [6.07, 6.45) is -2.48. The molecule has 0 aliphatic heterocycles. The standard InChI is InChI=1S/C7H8F2N2S/c8-7(9)4-1-2-6(12)5(3-4)11-10/h1-3,7,11-12H,10H2. The van der Waals surface area contributed by atoms with Crippen molar-refractivity contribution >= 4 is 18.3 Å². The van der Waals surface area contributed by atoms with Crippen LogP contribution in [0.25, 0.3) is 0 Å². The highest BCUT2D eigenvalue weighted by Crippen LogP contribution is 2.26. The van der Waals surface area contributed by atoms with Gasteiger partial charge in [0.25, 0.3) is 6.43 Å². The molecule has 0 atom stereocenters. The van der Waals surface area contributed by atoms with Crippen LogP contribution in [-0.2, 0) is 0 Å². The number of halogens is 2. The second-order valence-corrected chi connectivity index (χ2v) is 2.70. The van der Waals surface area contributed by atoms with E-state index in [0.717, 1.165) is 0 Å². The zero-order valence-electron chi connectivity index (χ0n) is 6.09. The molecule has 0 aliphatic carbocycles. The highest BCUT2D eigenvalue weighted by Gasteiger charge is 2.08. The van der Waals surface area contributed by atoms with E-state index < -0.39 is 6.43 Å². The van der Waals surface area contributed by atoms with Gasteiger partial charge in [-0.2, -0.15) is 0 Å². The Morgan fingerprint density at radius 1 is 1.42 bits per heavy atom. The van der Waals surface area contributed by atoms with Crippen LogP contribution >= 0.6 is 12.6 Å². The molecule has 0 radical (unpaired) electrons. The first-order valence-corrected chi connectivity index (χ1v) is 3.67. The largest absolute Gasteiger partial charge is 0.323 e. The van der Waals surface area contributed by atoms with Crippen molar-refractivity contribution < 1.29 is 8.78 Å². The van der Waals surface area contributed by atoms with Gasteiger partial charge in [-0.3, -0.25) is 5.84 Å². The van der Waals surface area contributed by atoms with Crippen molar-refractivity contribution in [3.05, 3.63) is 23.8 Å². The van der Waals surface area contributed by atoms with Gasteiger partial charge in [-0.05, 0) is 12.1 Å². The molecule has 2 nitrogen and oxygen atoms in total. The molecule has 12 heavy (non-hydrogen) atoms. The number of nitrogens with one attached hydrogen (secondary N) is 1.